The van der Waals surface area contributed by atoms with Gasteiger partial charge in [0.1, 0.15) is 40.9 Å². The number of hydrogen-bond donors (Lipinski definition) is 1. The molecular formula is C35H17Cl2Li2N7Na2O13S4. The average molecular weight is 1000 g/mol. The van der Waals surface area contributed by atoms with Gasteiger partial charge in [0.05, 0.1) is 48.5 Å². The summed E-state index contributed by atoms with van der Waals surface area (Å²) >= 11 is 11.9. The van der Waals surface area contributed by atoms with E-state index < -0.39 is 71.6 Å². The van der Waals surface area contributed by atoms with Gasteiger partial charge in [0, 0.05) is 21.5 Å². The van der Waals surface area contributed by atoms with Gasteiger partial charge < -0.3 is 18.8 Å². The SMILES string of the molecule is O=S(=O)([O-])c1ccc(S(=O)(=O)[O-])c(N=Nc2ccc(N=Nc3ccc(N=C([O-])c4ccc5nc(Cl)c(Cl)nc5c4)c4c(S(=O)(=O)O)cccc34)c3ccc(S(=O)(=O)[O-])cc23)c1.[Li+].[Li+].[Na+].[Na+]. The van der Waals surface area contributed by atoms with Crippen LogP contribution in [0.2, 0.25) is 10.3 Å². The summed E-state index contributed by atoms with van der Waals surface area (Å²) in [5.74, 6) is -0.854. The monoisotopic (exact) mass is 1000 g/mol. The molecule has 7 rings (SSSR count). The van der Waals surface area contributed by atoms with E-state index in [9.17, 15) is 57.0 Å². The van der Waals surface area contributed by atoms with Crippen LogP contribution >= 0.6 is 23.2 Å². The molecule has 0 saturated heterocycles. The summed E-state index contributed by atoms with van der Waals surface area (Å²) < 4.78 is 142. The van der Waals surface area contributed by atoms with Crippen molar-refractivity contribution in [1.82, 2.24) is 9.97 Å². The van der Waals surface area contributed by atoms with Crippen LogP contribution in [-0.4, -0.2) is 67.7 Å². The van der Waals surface area contributed by atoms with E-state index in [0.29, 0.717) is 23.7 Å². The Hall–Kier alpha value is -2.74. The number of nitrogens with zero attached hydrogens (tertiary/aromatic N) is 7. The van der Waals surface area contributed by atoms with Crippen LogP contribution in [0.4, 0.5) is 28.4 Å². The Labute approximate surface area is 447 Å². The normalized spacial score (nSPS) is 12.5. The Morgan fingerprint density at radius 2 is 1.03 bits per heavy atom. The van der Waals surface area contributed by atoms with Crippen LogP contribution in [0.25, 0.3) is 32.6 Å². The molecule has 7 aromatic rings. The van der Waals surface area contributed by atoms with Crippen molar-refractivity contribution >= 4 is 131 Å². The summed E-state index contributed by atoms with van der Waals surface area (Å²) in [6, 6.07) is 17.4. The number of benzene rings is 6. The first-order valence-electron chi connectivity index (χ1n) is 16.3. The van der Waals surface area contributed by atoms with Crippen LogP contribution in [-0.2, 0) is 40.5 Å². The maximum atomic E-state index is 13.4. The van der Waals surface area contributed by atoms with Crippen LogP contribution in [0.15, 0.2) is 142 Å². The van der Waals surface area contributed by atoms with E-state index in [2.05, 4.69) is 35.4 Å². The summed E-state index contributed by atoms with van der Waals surface area (Å²) in [5, 5.41) is 28.9. The Kier molecular flexibility index (Phi) is 18.9. The number of aliphatic imine (C=N–C) groups is 1. The van der Waals surface area contributed by atoms with E-state index in [-0.39, 0.29) is 163 Å². The number of fused-ring (bicyclic) bond motifs is 3. The zero-order valence-electron chi connectivity index (χ0n) is 33.6. The number of aromatic nitrogens is 2. The Bertz CT molecular complexity index is 3620. The fourth-order valence-corrected chi connectivity index (χ4v) is 8.40. The summed E-state index contributed by atoms with van der Waals surface area (Å²) in [4.78, 5) is 8.89. The van der Waals surface area contributed by atoms with Gasteiger partial charge >= 0.3 is 96.8 Å². The molecule has 0 radical (unpaired) electrons. The van der Waals surface area contributed by atoms with Gasteiger partial charge in [-0.05, 0) is 84.3 Å². The molecule has 0 spiro atoms. The third-order valence-corrected chi connectivity index (χ3v) is 12.6. The predicted molar refractivity (Wildman–Crippen MR) is 212 cm³/mol. The first-order valence-corrected chi connectivity index (χ1v) is 22.8. The zero-order chi connectivity index (χ0) is 44.2. The van der Waals surface area contributed by atoms with E-state index in [0.717, 1.165) is 30.3 Å². The molecule has 0 unspecified atom stereocenters. The summed E-state index contributed by atoms with van der Waals surface area (Å²) in [6.07, 6.45) is 0. The molecule has 1 heterocycles. The molecule has 20 nitrogen and oxygen atoms in total. The number of halogens is 2. The fraction of sp³-hybridized carbons (Fsp3) is 0. The topological polar surface area (TPSA) is 337 Å². The minimum Gasteiger partial charge on any atom is -0.858 e. The van der Waals surface area contributed by atoms with Crippen molar-refractivity contribution in [3.05, 3.63) is 113 Å². The Morgan fingerprint density at radius 1 is 0.523 bits per heavy atom. The van der Waals surface area contributed by atoms with Gasteiger partial charge in [0.25, 0.3) is 10.1 Å². The maximum absolute atomic E-state index is 13.4. The van der Waals surface area contributed by atoms with Crippen LogP contribution < -0.4 is 102 Å². The summed E-state index contributed by atoms with van der Waals surface area (Å²) in [7, 11) is -20.5. The molecule has 65 heavy (non-hydrogen) atoms. The molecule has 30 heteroatoms. The van der Waals surface area contributed by atoms with Crippen molar-refractivity contribution in [2.75, 3.05) is 0 Å². The molecule has 6 aromatic carbocycles. The van der Waals surface area contributed by atoms with E-state index in [4.69, 9.17) is 23.2 Å². The number of hydrogen-bond acceptors (Lipinski definition) is 19. The van der Waals surface area contributed by atoms with Crippen LogP contribution in [0, 0.1) is 0 Å². The molecule has 1 aromatic heterocycles. The van der Waals surface area contributed by atoms with Gasteiger partial charge in [0.2, 0.25) is 0 Å². The van der Waals surface area contributed by atoms with Gasteiger partial charge in [-0.25, -0.2) is 35.2 Å². The van der Waals surface area contributed by atoms with Crippen LogP contribution in [0.5, 0.6) is 0 Å². The van der Waals surface area contributed by atoms with Gasteiger partial charge in [-0.1, -0.05) is 47.5 Å². The summed E-state index contributed by atoms with van der Waals surface area (Å²) in [6.45, 7) is 0. The quantitative estimate of drug-likeness (QED) is 0.0439. The maximum Gasteiger partial charge on any atom is 1.00 e. The van der Waals surface area contributed by atoms with Crippen molar-refractivity contribution in [2.45, 2.75) is 19.6 Å². The van der Waals surface area contributed by atoms with Crippen molar-refractivity contribution in [1.29, 1.82) is 0 Å². The average Bonchev–Trinajstić information content (AvgIpc) is 3.18. The standard InChI is InChI=1S/C35H21Cl2N7O13S4.2Li.2Na/c36-33-34(37)39-28-14-17(4-8-26(28)38-33)35(45)40-27-12-11-24(21-2-1-3-31(32(21)27)61(55,56)57)42-41-23-9-10-25(22-15-18(58(46,47)48)5-7-20(22)23)43-44-29-16-19(59(49,50)51)6-13-30(29)60(52,53)54;;;;/h1-16H,(H,40,45)(H,46,47,48)(H,49,50,51)(H,52,53,54)(H,55,56,57);;;;/q;4*+1/p-4. The first-order chi connectivity index (χ1) is 28.5. The van der Waals surface area contributed by atoms with Gasteiger partial charge in [-0.2, -0.15) is 8.42 Å². The molecule has 0 atom stereocenters. The number of rotatable bonds is 10. The predicted octanol–water partition coefficient (Wildman–Crippen LogP) is -5.51. The largest absolute Gasteiger partial charge is 1.00 e. The first kappa shape index (κ1) is 56.6. The molecule has 0 aliphatic rings. The molecule has 1 N–H and O–H groups in total. The van der Waals surface area contributed by atoms with Gasteiger partial charge in [-0.3, -0.25) is 9.55 Å². The minimum atomic E-state index is -5.30. The Morgan fingerprint density at radius 3 is 1.60 bits per heavy atom. The second-order valence-corrected chi connectivity index (χ2v) is 18.6. The van der Waals surface area contributed by atoms with E-state index in [1.807, 2.05) is 0 Å². The van der Waals surface area contributed by atoms with Crippen molar-refractivity contribution in [2.24, 2.45) is 25.4 Å². The second kappa shape index (κ2) is 21.7. The Balaban J connectivity index is 0.00000281. The molecule has 0 amide bonds. The van der Waals surface area contributed by atoms with E-state index >= 15 is 0 Å². The summed E-state index contributed by atoms with van der Waals surface area (Å²) in [5.41, 5.74) is -0.869. The van der Waals surface area contributed by atoms with Crippen molar-refractivity contribution in [3.8, 4) is 0 Å². The van der Waals surface area contributed by atoms with Crippen LogP contribution in [0.1, 0.15) is 5.56 Å². The molecule has 0 bridgehead atoms. The van der Waals surface area contributed by atoms with Crippen molar-refractivity contribution in [3.63, 3.8) is 0 Å². The zero-order valence-corrected chi connectivity index (χ0v) is 42.4. The van der Waals surface area contributed by atoms with Gasteiger partial charge in [-0.15, -0.1) is 20.5 Å². The van der Waals surface area contributed by atoms with Crippen LogP contribution in [0.3, 0.4) is 0 Å². The number of azo groups is 2. The molecule has 0 fully saturated rings. The third-order valence-electron chi connectivity index (χ3n) is 8.54. The molecule has 0 aliphatic heterocycles. The molecule has 312 valence electrons. The molecule has 0 aliphatic carbocycles. The molecular weight excluding hydrogens is 985 g/mol. The minimum absolute atomic E-state index is 0. The third kappa shape index (κ3) is 12.7. The van der Waals surface area contributed by atoms with E-state index in [1.54, 1.807) is 0 Å². The second-order valence-electron chi connectivity index (χ2n) is 12.4. The molecule has 0 saturated carbocycles. The van der Waals surface area contributed by atoms with Crippen molar-refractivity contribution < 1.29 is 154 Å². The fourth-order valence-electron chi connectivity index (χ4n) is 5.84. The van der Waals surface area contributed by atoms with Gasteiger partial charge in [0.15, 0.2) is 10.3 Å². The van der Waals surface area contributed by atoms with E-state index in [1.165, 1.54) is 48.5 Å². The smallest absolute Gasteiger partial charge is 0.858 e.